The highest BCUT2D eigenvalue weighted by atomic mass is 35.5. The summed E-state index contributed by atoms with van der Waals surface area (Å²) in [6.45, 7) is 7.52. The number of piperidine rings is 2. The first kappa shape index (κ1) is 17.7. The average molecular weight is 304 g/mol. The van der Waals surface area contributed by atoms with Gasteiger partial charge in [-0.25, -0.2) is 0 Å². The van der Waals surface area contributed by atoms with Crippen molar-refractivity contribution in [1.29, 1.82) is 0 Å². The van der Waals surface area contributed by atoms with Crippen LogP contribution in [0.5, 0.6) is 0 Å². The van der Waals surface area contributed by atoms with Gasteiger partial charge in [-0.15, -0.1) is 12.4 Å². The normalized spacial score (nSPS) is 24.9. The Kier molecular flexibility index (Phi) is 8.50. The third-order valence-electron chi connectivity index (χ3n) is 4.57. The highest BCUT2D eigenvalue weighted by Gasteiger charge is 2.21. The van der Waals surface area contributed by atoms with Gasteiger partial charge in [0.1, 0.15) is 0 Å². The summed E-state index contributed by atoms with van der Waals surface area (Å²) < 4.78 is 0. The Morgan fingerprint density at radius 1 is 1.25 bits per heavy atom. The number of halogens is 1. The summed E-state index contributed by atoms with van der Waals surface area (Å²) in [5.41, 5.74) is 0. The number of amides is 1. The molecule has 118 valence electrons. The van der Waals surface area contributed by atoms with Gasteiger partial charge in [0.15, 0.2) is 0 Å². The van der Waals surface area contributed by atoms with Gasteiger partial charge in [0.05, 0.1) is 0 Å². The monoisotopic (exact) mass is 303 g/mol. The minimum atomic E-state index is 0. The van der Waals surface area contributed by atoms with E-state index in [2.05, 4.69) is 22.5 Å². The van der Waals surface area contributed by atoms with Crippen molar-refractivity contribution in [3.8, 4) is 0 Å². The SMILES string of the molecule is CC1CCCCN1CCCNC(=O)C1CCNCC1.Cl. The predicted octanol–water partition coefficient (Wildman–Crippen LogP) is 1.79. The summed E-state index contributed by atoms with van der Waals surface area (Å²) in [6.07, 6.45) is 7.13. The van der Waals surface area contributed by atoms with Crippen molar-refractivity contribution in [1.82, 2.24) is 15.5 Å². The summed E-state index contributed by atoms with van der Waals surface area (Å²) in [5, 5.41) is 6.41. The molecule has 1 atom stereocenters. The van der Waals surface area contributed by atoms with Crippen LogP contribution in [0.2, 0.25) is 0 Å². The van der Waals surface area contributed by atoms with Crippen molar-refractivity contribution in [2.45, 2.75) is 51.5 Å². The molecule has 0 aromatic rings. The molecular formula is C15H30ClN3O. The van der Waals surface area contributed by atoms with Crippen LogP contribution in [0.4, 0.5) is 0 Å². The zero-order valence-corrected chi connectivity index (χ0v) is 13.5. The molecule has 2 heterocycles. The van der Waals surface area contributed by atoms with Crippen molar-refractivity contribution < 1.29 is 4.79 Å². The first-order valence-corrected chi connectivity index (χ1v) is 8.00. The maximum absolute atomic E-state index is 12.0. The van der Waals surface area contributed by atoms with Gasteiger partial charge in [-0.05, 0) is 58.7 Å². The maximum Gasteiger partial charge on any atom is 0.223 e. The van der Waals surface area contributed by atoms with Crippen molar-refractivity contribution in [2.75, 3.05) is 32.7 Å². The molecule has 5 heteroatoms. The Bertz CT molecular complexity index is 282. The van der Waals surface area contributed by atoms with Gasteiger partial charge in [-0.3, -0.25) is 4.79 Å². The summed E-state index contributed by atoms with van der Waals surface area (Å²) in [4.78, 5) is 14.5. The van der Waals surface area contributed by atoms with E-state index in [1.807, 2.05) is 0 Å². The van der Waals surface area contributed by atoms with E-state index in [0.717, 1.165) is 51.5 Å². The molecule has 2 fully saturated rings. The first-order chi connectivity index (χ1) is 9.27. The number of hydrogen-bond acceptors (Lipinski definition) is 3. The lowest BCUT2D eigenvalue weighted by atomic mass is 9.97. The molecule has 1 unspecified atom stereocenters. The van der Waals surface area contributed by atoms with Crippen LogP contribution in [0.3, 0.4) is 0 Å². The number of nitrogens with zero attached hydrogens (tertiary/aromatic N) is 1. The third-order valence-corrected chi connectivity index (χ3v) is 4.57. The molecule has 4 nitrogen and oxygen atoms in total. The standard InChI is InChI=1S/C15H29N3O.ClH/c1-13-5-2-3-11-18(13)12-4-8-17-15(19)14-6-9-16-10-7-14;/h13-14,16H,2-12H2,1H3,(H,17,19);1H. The number of rotatable bonds is 5. The Morgan fingerprint density at radius 3 is 2.70 bits per heavy atom. The molecule has 0 radical (unpaired) electrons. The van der Waals surface area contributed by atoms with Gasteiger partial charge >= 0.3 is 0 Å². The van der Waals surface area contributed by atoms with Gasteiger partial charge in [-0.2, -0.15) is 0 Å². The maximum atomic E-state index is 12.0. The molecule has 2 aliphatic heterocycles. The molecule has 0 aromatic heterocycles. The van der Waals surface area contributed by atoms with E-state index in [1.54, 1.807) is 0 Å². The molecular weight excluding hydrogens is 274 g/mol. The molecule has 1 amide bonds. The van der Waals surface area contributed by atoms with E-state index in [-0.39, 0.29) is 24.2 Å². The molecule has 2 aliphatic rings. The second-order valence-electron chi connectivity index (χ2n) is 6.05. The van der Waals surface area contributed by atoms with Crippen LogP contribution >= 0.6 is 12.4 Å². The Hall–Kier alpha value is -0.320. The smallest absolute Gasteiger partial charge is 0.223 e. The van der Waals surface area contributed by atoms with E-state index in [4.69, 9.17) is 0 Å². The lowest BCUT2D eigenvalue weighted by Crippen LogP contribution is -2.41. The molecule has 20 heavy (non-hydrogen) atoms. The molecule has 0 spiro atoms. The van der Waals surface area contributed by atoms with Crippen molar-refractivity contribution in [3.63, 3.8) is 0 Å². The molecule has 0 aromatic carbocycles. The fourth-order valence-electron chi connectivity index (χ4n) is 3.21. The van der Waals surface area contributed by atoms with Gasteiger partial charge in [-0.1, -0.05) is 6.42 Å². The number of likely N-dealkylation sites (tertiary alicyclic amines) is 1. The molecule has 2 saturated heterocycles. The van der Waals surface area contributed by atoms with Crippen molar-refractivity contribution in [3.05, 3.63) is 0 Å². The van der Waals surface area contributed by atoms with E-state index in [9.17, 15) is 4.79 Å². The van der Waals surface area contributed by atoms with E-state index < -0.39 is 0 Å². The van der Waals surface area contributed by atoms with Crippen LogP contribution in [0.15, 0.2) is 0 Å². The number of nitrogens with one attached hydrogen (secondary N) is 2. The van der Waals surface area contributed by atoms with E-state index in [0.29, 0.717) is 0 Å². The second-order valence-corrected chi connectivity index (χ2v) is 6.05. The number of hydrogen-bond donors (Lipinski definition) is 2. The number of carbonyl (C=O) groups is 1. The zero-order chi connectivity index (χ0) is 13.5. The minimum absolute atomic E-state index is 0. The van der Waals surface area contributed by atoms with Crippen LogP contribution in [0.1, 0.15) is 45.4 Å². The average Bonchev–Trinajstić information content (AvgIpc) is 2.46. The summed E-state index contributed by atoms with van der Waals surface area (Å²) in [7, 11) is 0. The third kappa shape index (κ3) is 5.58. The summed E-state index contributed by atoms with van der Waals surface area (Å²) >= 11 is 0. The lowest BCUT2D eigenvalue weighted by Gasteiger charge is -2.33. The van der Waals surface area contributed by atoms with Gasteiger partial charge in [0.25, 0.3) is 0 Å². The Morgan fingerprint density at radius 2 is 2.00 bits per heavy atom. The molecule has 2 N–H and O–H groups in total. The fourth-order valence-corrected chi connectivity index (χ4v) is 3.21. The zero-order valence-electron chi connectivity index (χ0n) is 12.7. The van der Waals surface area contributed by atoms with Crippen LogP contribution in [0, 0.1) is 5.92 Å². The fraction of sp³-hybridized carbons (Fsp3) is 0.933. The predicted molar refractivity (Wildman–Crippen MR) is 85.4 cm³/mol. The first-order valence-electron chi connectivity index (χ1n) is 8.00. The quantitative estimate of drug-likeness (QED) is 0.761. The van der Waals surface area contributed by atoms with Crippen molar-refractivity contribution in [2.24, 2.45) is 5.92 Å². The van der Waals surface area contributed by atoms with E-state index >= 15 is 0 Å². The Labute approximate surface area is 129 Å². The summed E-state index contributed by atoms with van der Waals surface area (Å²) in [5.74, 6) is 0.517. The van der Waals surface area contributed by atoms with Crippen LogP contribution in [-0.4, -0.2) is 49.6 Å². The second kappa shape index (κ2) is 9.59. The van der Waals surface area contributed by atoms with Crippen LogP contribution in [-0.2, 0) is 4.79 Å². The minimum Gasteiger partial charge on any atom is -0.356 e. The highest BCUT2D eigenvalue weighted by molar-refractivity contribution is 5.85. The van der Waals surface area contributed by atoms with Gasteiger partial charge < -0.3 is 15.5 Å². The molecule has 2 rings (SSSR count). The lowest BCUT2D eigenvalue weighted by molar-refractivity contribution is -0.125. The molecule has 0 aliphatic carbocycles. The molecule has 0 bridgehead atoms. The largest absolute Gasteiger partial charge is 0.356 e. The topological polar surface area (TPSA) is 44.4 Å². The van der Waals surface area contributed by atoms with E-state index in [1.165, 1.54) is 25.8 Å². The summed E-state index contributed by atoms with van der Waals surface area (Å²) in [6, 6.07) is 0.730. The van der Waals surface area contributed by atoms with Gasteiger partial charge in [0, 0.05) is 25.0 Å². The number of carbonyl (C=O) groups excluding carboxylic acids is 1. The van der Waals surface area contributed by atoms with Gasteiger partial charge in [0.2, 0.25) is 5.91 Å². The van der Waals surface area contributed by atoms with Crippen LogP contribution < -0.4 is 10.6 Å². The Balaban J connectivity index is 0.00000200. The van der Waals surface area contributed by atoms with Crippen LogP contribution in [0.25, 0.3) is 0 Å². The van der Waals surface area contributed by atoms with Crippen molar-refractivity contribution >= 4 is 18.3 Å². The highest BCUT2D eigenvalue weighted by Crippen LogP contribution is 2.16. The molecule has 0 saturated carbocycles.